The minimum Gasteiger partial charge on any atom is -0.303 e. The summed E-state index contributed by atoms with van der Waals surface area (Å²) < 4.78 is 26.0. The molecule has 6 heteroatoms. The Morgan fingerprint density at radius 1 is 1.10 bits per heavy atom. The Bertz CT molecular complexity index is 928. The molecule has 0 aliphatic carbocycles. The van der Waals surface area contributed by atoms with E-state index in [0.717, 1.165) is 27.1 Å². The molecule has 0 aliphatic heterocycles. The number of halogens is 1. The van der Waals surface area contributed by atoms with Gasteiger partial charge >= 0.3 is 0 Å². The van der Waals surface area contributed by atoms with E-state index >= 15 is 0 Å². The van der Waals surface area contributed by atoms with Crippen molar-refractivity contribution in [2.45, 2.75) is 11.8 Å². The molecule has 0 radical (unpaired) electrons. The van der Waals surface area contributed by atoms with Crippen LogP contribution in [0.4, 0.5) is 0 Å². The number of benzene rings is 1. The summed E-state index contributed by atoms with van der Waals surface area (Å²) in [4.78, 5) is 4.88. The summed E-state index contributed by atoms with van der Waals surface area (Å²) in [5, 5.41) is 0. The van der Waals surface area contributed by atoms with Crippen LogP contribution in [0.3, 0.4) is 0 Å². The van der Waals surface area contributed by atoms with Crippen molar-refractivity contribution >= 4 is 31.4 Å². The number of aryl methyl sites for hydroxylation is 1. The van der Waals surface area contributed by atoms with E-state index in [1.165, 1.54) is 6.26 Å². The Hall–Kier alpha value is -1.66. The van der Waals surface area contributed by atoms with Gasteiger partial charge in [0.1, 0.15) is 5.65 Å². The molecule has 0 fully saturated rings. The van der Waals surface area contributed by atoms with Crippen molar-refractivity contribution in [2.75, 3.05) is 6.26 Å². The Balaban J connectivity index is 2.11. The summed E-state index contributed by atoms with van der Waals surface area (Å²) in [6.07, 6.45) is 3.15. The lowest BCUT2D eigenvalue weighted by atomic mass is 10.2. The Morgan fingerprint density at radius 3 is 2.38 bits per heavy atom. The summed E-state index contributed by atoms with van der Waals surface area (Å²) in [5.41, 5.74) is 3.63. The number of hydrogen-bond acceptors (Lipinski definition) is 3. The number of nitrogens with zero attached hydrogens (tertiary/aromatic N) is 2. The van der Waals surface area contributed by atoms with Gasteiger partial charge in [0, 0.05) is 28.2 Å². The number of hydrogen-bond donors (Lipinski definition) is 0. The third-order valence-electron chi connectivity index (χ3n) is 3.40. The molecule has 4 nitrogen and oxygen atoms in total. The normalized spacial score (nSPS) is 12.0. The standard InChI is InChI=1S/C15H13BrN2O2S/c1-10-13(16)7-8-15-17-14(9-18(10)15)11-3-5-12(6-4-11)21(2,19)20/h3-9H,1-2H3. The van der Waals surface area contributed by atoms with Crippen LogP contribution in [0.1, 0.15) is 5.69 Å². The maximum absolute atomic E-state index is 11.5. The van der Waals surface area contributed by atoms with Gasteiger partial charge in [-0.05, 0) is 47.1 Å². The number of aromatic nitrogens is 2. The Labute approximate surface area is 131 Å². The first-order chi connectivity index (χ1) is 9.86. The molecule has 0 saturated carbocycles. The largest absolute Gasteiger partial charge is 0.303 e. The molecule has 0 amide bonds. The first kappa shape index (κ1) is 14.3. The minimum absolute atomic E-state index is 0.314. The average molecular weight is 365 g/mol. The number of fused-ring (bicyclic) bond motifs is 1. The van der Waals surface area contributed by atoms with Crippen molar-refractivity contribution in [2.24, 2.45) is 0 Å². The van der Waals surface area contributed by atoms with E-state index in [2.05, 4.69) is 20.9 Å². The zero-order valence-electron chi connectivity index (χ0n) is 11.5. The van der Waals surface area contributed by atoms with Crippen molar-refractivity contribution in [3.63, 3.8) is 0 Å². The van der Waals surface area contributed by atoms with Gasteiger partial charge in [-0.3, -0.25) is 0 Å². The van der Waals surface area contributed by atoms with Crippen LogP contribution in [-0.2, 0) is 9.84 Å². The lowest BCUT2D eigenvalue weighted by Crippen LogP contribution is -1.96. The van der Waals surface area contributed by atoms with Crippen molar-refractivity contribution in [1.82, 2.24) is 9.38 Å². The highest BCUT2D eigenvalue weighted by molar-refractivity contribution is 9.10. The summed E-state index contributed by atoms with van der Waals surface area (Å²) >= 11 is 3.50. The molecule has 0 N–H and O–H groups in total. The third-order valence-corrected chi connectivity index (χ3v) is 5.36. The van der Waals surface area contributed by atoms with Crippen LogP contribution >= 0.6 is 15.9 Å². The van der Waals surface area contributed by atoms with Crippen molar-refractivity contribution < 1.29 is 8.42 Å². The van der Waals surface area contributed by atoms with Crippen LogP contribution in [0.2, 0.25) is 0 Å². The molecule has 3 aromatic rings. The summed E-state index contributed by atoms with van der Waals surface area (Å²) in [7, 11) is -3.17. The van der Waals surface area contributed by atoms with E-state index < -0.39 is 9.84 Å². The first-order valence-corrected chi connectivity index (χ1v) is 8.99. The molecule has 0 saturated heterocycles. The second kappa shape index (κ2) is 4.96. The van der Waals surface area contributed by atoms with Crippen molar-refractivity contribution in [3.05, 3.63) is 52.8 Å². The van der Waals surface area contributed by atoms with Gasteiger partial charge in [-0.2, -0.15) is 0 Å². The van der Waals surface area contributed by atoms with Gasteiger partial charge in [-0.1, -0.05) is 12.1 Å². The van der Waals surface area contributed by atoms with E-state index in [9.17, 15) is 8.42 Å². The SMILES string of the molecule is Cc1c(Br)ccc2nc(-c3ccc(S(C)(=O)=O)cc3)cn12. The zero-order valence-corrected chi connectivity index (χ0v) is 13.9. The van der Waals surface area contributed by atoms with Crippen LogP contribution in [0.25, 0.3) is 16.9 Å². The van der Waals surface area contributed by atoms with Gasteiger partial charge in [0.25, 0.3) is 0 Å². The van der Waals surface area contributed by atoms with Gasteiger partial charge in [0.05, 0.1) is 10.6 Å². The lowest BCUT2D eigenvalue weighted by Gasteiger charge is -2.01. The molecule has 0 bridgehead atoms. The highest BCUT2D eigenvalue weighted by Crippen LogP contribution is 2.24. The summed E-state index contributed by atoms with van der Waals surface area (Å²) in [6.45, 7) is 2.01. The van der Waals surface area contributed by atoms with Gasteiger partial charge in [0.15, 0.2) is 9.84 Å². The second-order valence-electron chi connectivity index (χ2n) is 4.92. The van der Waals surface area contributed by atoms with Crippen LogP contribution in [0.15, 0.2) is 52.0 Å². The molecule has 0 spiro atoms. The summed E-state index contributed by atoms with van der Waals surface area (Å²) in [5.74, 6) is 0. The van der Waals surface area contributed by atoms with E-state index in [1.54, 1.807) is 24.3 Å². The fourth-order valence-electron chi connectivity index (χ4n) is 2.18. The van der Waals surface area contributed by atoms with Gasteiger partial charge in [0.2, 0.25) is 0 Å². The van der Waals surface area contributed by atoms with Gasteiger partial charge < -0.3 is 4.40 Å². The number of sulfone groups is 1. The van der Waals surface area contributed by atoms with E-state index in [4.69, 9.17) is 0 Å². The summed E-state index contributed by atoms with van der Waals surface area (Å²) in [6, 6.07) is 10.7. The topological polar surface area (TPSA) is 51.4 Å². The molecule has 0 atom stereocenters. The first-order valence-electron chi connectivity index (χ1n) is 6.31. The minimum atomic E-state index is -3.17. The molecule has 1 aromatic carbocycles. The van der Waals surface area contributed by atoms with E-state index in [-0.39, 0.29) is 0 Å². The van der Waals surface area contributed by atoms with Crippen molar-refractivity contribution in [3.8, 4) is 11.3 Å². The smallest absolute Gasteiger partial charge is 0.175 e. The van der Waals surface area contributed by atoms with E-state index in [1.807, 2.05) is 29.7 Å². The number of imidazole rings is 1. The Morgan fingerprint density at radius 2 is 1.76 bits per heavy atom. The molecule has 3 rings (SSSR count). The fourth-order valence-corrected chi connectivity index (χ4v) is 3.13. The third kappa shape index (κ3) is 2.61. The average Bonchev–Trinajstić information content (AvgIpc) is 2.87. The van der Waals surface area contributed by atoms with Crippen molar-refractivity contribution in [1.29, 1.82) is 0 Å². The molecule has 0 aliphatic rings. The number of pyridine rings is 1. The quantitative estimate of drug-likeness (QED) is 0.699. The monoisotopic (exact) mass is 364 g/mol. The lowest BCUT2D eigenvalue weighted by molar-refractivity contribution is 0.602. The molecule has 108 valence electrons. The predicted octanol–water partition coefficient (Wildman–Crippen LogP) is 3.48. The fraction of sp³-hybridized carbons (Fsp3) is 0.133. The van der Waals surface area contributed by atoms with Crippen LogP contribution in [-0.4, -0.2) is 24.1 Å². The molecule has 2 heterocycles. The molecular formula is C15H13BrN2O2S. The zero-order chi connectivity index (χ0) is 15.2. The molecule has 21 heavy (non-hydrogen) atoms. The maximum atomic E-state index is 11.5. The molecule has 2 aromatic heterocycles. The van der Waals surface area contributed by atoms with Gasteiger partial charge in [-0.25, -0.2) is 13.4 Å². The van der Waals surface area contributed by atoms with Crippen LogP contribution in [0, 0.1) is 6.92 Å². The maximum Gasteiger partial charge on any atom is 0.175 e. The number of rotatable bonds is 2. The molecule has 0 unspecified atom stereocenters. The predicted molar refractivity (Wildman–Crippen MR) is 86.2 cm³/mol. The highest BCUT2D eigenvalue weighted by atomic mass is 79.9. The van der Waals surface area contributed by atoms with Gasteiger partial charge in [-0.15, -0.1) is 0 Å². The van der Waals surface area contributed by atoms with E-state index in [0.29, 0.717) is 4.90 Å². The second-order valence-corrected chi connectivity index (χ2v) is 7.79. The Kier molecular flexibility index (Phi) is 3.37. The van der Waals surface area contributed by atoms with Crippen LogP contribution in [0.5, 0.6) is 0 Å². The highest BCUT2D eigenvalue weighted by Gasteiger charge is 2.10. The van der Waals surface area contributed by atoms with Crippen LogP contribution < -0.4 is 0 Å². The molecular weight excluding hydrogens is 352 g/mol.